The van der Waals surface area contributed by atoms with Crippen molar-refractivity contribution in [3.63, 3.8) is 0 Å². The molecule has 0 amide bonds. The molecule has 0 aromatic carbocycles. The summed E-state index contributed by atoms with van der Waals surface area (Å²) >= 11 is 8.03. The Bertz CT molecular complexity index is 430. The zero-order valence-corrected chi connectivity index (χ0v) is 12.4. The Morgan fingerprint density at radius 2 is 1.94 bits per heavy atom. The minimum Gasteiger partial charge on any atom is -0.463 e. The summed E-state index contributed by atoms with van der Waals surface area (Å²) < 4.78 is 5.34. The molecule has 1 heterocycles. The molecular formula is C10H12ClIN2O2. The van der Waals surface area contributed by atoms with Crippen LogP contribution in [0.15, 0.2) is 0 Å². The summed E-state index contributed by atoms with van der Waals surface area (Å²) in [5.41, 5.74) is 0.541. The number of halogens is 2. The first-order chi connectivity index (χ1) is 7.27. The Morgan fingerprint density at radius 1 is 1.38 bits per heavy atom. The van der Waals surface area contributed by atoms with Crippen LogP contribution in [0.2, 0.25) is 5.15 Å². The van der Waals surface area contributed by atoms with Crippen LogP contribution < -0.4 is 0 Å². The number of hydrogen-bond acceptors (Lipinski definition) is 4. The SMILES string of the molecule is COC(=O)c1nc(Cl)c(I)c(C(C)(C)C)n1. The summed E-state index contributed by atoms with van der Waals surface area (Å²) in [6, 6.07) is 0. The highest BCUT2D eigenvalue weighted by Crippen LogP contribution is 2.29. The maximum absolute atomic E-state index is 11.3. The van der Waals surface area contributed by atoms with Gasteiger partial charge < -0.3 is 4.74 Å². The van der Waals surface area contributed by atoms with E-state index in [4.69, 9.17) is 11.6 Å². The minimum absolute atomic E-state index is 0.00200. The second-order valence-electron chi connectivity index (χ2n) is 4.24. The summed E-state index contributed by atoms with van der Waals surface area (Å²) in [6.45, 7) is 5.98. The third-order valence-corrected chi connectivity index (χ3v) is 3.50. The van der Waals surface area contributed by atoms with E-state index in [-0.39, 0.29) is 16.4 Å². The lowest BCUT2D eigenvalue weighted by molar-refractivity contribution is 0.0586. The van der Waals surface area contributed by atoms with Crippen LogP contribution in [-0.2, 0) is 10.2 Å². The number of rotatable bonds is 1. The molecule has 0 N–H and O–H groups in total. The van der Waals surface area contributed by atoms with Gasteiger partial charge in [-0.2, -0.15) is 0 Å². The summed E-state index contributed by atoms with van der Waals surface area (Å²) in [5.74, 6) is -0.582. The summed E-state index contributed by atoms with van der Waals surface area (Å²) in [5, 5.41) is 0.279. The van der Waals surface area contributed by atoms with E-state index < -0.39 is 5.97 Å². The van der Waals surface area contributed by atoms with Gasteiger partial charge in [-0.05, 0) is 22.6 Å². The number of carbonyl (C=O) groups excluding carboxylic acids is 1. The molecule has 0 saturated heterocycles. The Morgan fingerprint density at radius 3 is 2.38 bits per heavy atom. The fourth-order valence-corrected chi connectivity index (χ4v) is 2.32. The first-order valence-corrected chi connectivity index (χ1v) is 6.05. The zero-order valence-electron chi connectivity index (χ0n) is 9.47. The average Bonchev–Trinajstić information content (AvgIpc) is 2.18. The quantitative estimate of drug-likeness (QED) is 0.442. The van der Waals surface area contributed by atoms with Crippen LogP contribution in [0.1, 0.15) is 37.1 Å². The Balaban J connectivity index is 3.39. The molecule has 0 atom stereocenters. The number of carbonyl (C=O) groups is 1. The fraction of sp³-hybridized carbons (Fsp3) is 0.500. The summed E-state index contributed by atoms with van der Waals surface area (Å²) in [4.78, 5) is 19.4. The molecule has 6 heteroatoms. The van der Waals surface area contributed by atoms with Crippen molar-refractivity contribution in [3.05, 3.63) is 20.2 Å². The van der Waals surface area contributed by atoms with Crippen molar-refractivity contribution < 1.29 is 9.53 Å². The van der Waals surface area contributed by atoms with Crippen molar-refractivity contribution in [2.75, 3.05) is 7.11 Å². The second kappa shape index (κ2) is 4.83. The highest BCUT2D eigenvalue weighted by atomic mass is 127. The molecule has 0 unspecified atom stereocenters. The third-order valence-electron chi connectivity index (χ3n) is 1.89. The topological polar surface area (TPSA) is 52.1 Å². The van der Waals surface area contributed by atoms with Gasteiger partial charge in [0.05, 0.1) is 16.4 Å². The van der Waals surface area contributed by atoms with E-state index in [1.54, 1.807) is 0 Å². The van der Waals surface area contributed by atoms with Gasteiger partial charge in [-0.3, -0.25) is 0 Å². The van der Waals surface area contributed by atoms with Gasteiger partial charge in [0.25, 0.3) is 0 Å². The average molecular weight is 355 g/mol. The Hall–Kier alpha value is -0.430. The summed E-state index contributed by atoms with van der Waals surface area (Å²) in [6.07, 6.45) is 0. The van der Waals surface area contributed by atoms with Gasteiger partial charge >= 0.3 is 5.97 Å². The molecule has 4 nitrogen and oxygen atoms in total. The second-order valence-corrected chi connectivity index (χ2v) is 5.68. The monoisotopic (exact) mass is 354 g/mol. The smallest absolute Gasteiger partial charge is 0.376 e. The molecule has 1 aromatic rings. The molecule has 1 aromatic heterocycles. The van der Waals surface area contributed by atoms with Crippen LogP contribution in [0, 0.1) is 3.57 Å². The van der Waals surface area contributed by atoms with Gasteiger partial charge in [0.2, 0.25) is 5.82 Å². The minimum atomic E-state index is -0.580. The van der Waals surface area contributed by atoms with Crippen molar-refractivity contribution in [1.29, 1.82) is 0 Å². The van der Waals surface area contributed by atoms with Gasteiger partial charge in [0, 0.05) is 5.41 Å². The van der Waals surface area contributed by atoms with Crippen molar-refractivity contribution in [3.8, 4) is 0 Å². The molecule has 0 saturated carbocycles. The maximum atomic E-state index is 11.3. The number of ether oxygens (including phenoxy) is 1. The van der Waals surface area contributed by atoms with Gasteiger partial charge in [0.1, 0.15) is 5.15 Å². The van der Waals surface area contributed by atoms with E-state index in [1.807, 2.05) is 20.8 Å². The predicted octanol–water partition coefficient (Wildman–Crippen LogP) is 2.82. The maximum Gasteiger partial charge on any atom is 0.376 e. The molecule has 1 rings (SSSR count). The molecule has 0 spiro atoms. The molecule has 0 aliphatic heterocycles. The van der Waals surface area contributed by atoms with E-state index in [0.29, 0.717) is 0 Å². The van der Waals surface area contributed by atoms with Gasteiger partial charge in [-0.1, -0.05) is 32.4 Å². The lowest BCUT2D eigenvalue weighted by Gasteiger charge is -2.20. The number of esters is 1. The lowest BCUT2D eigenvalue weighted by Crippen LogP contribution is -2.20. The molecule has 0 bridgehead atoms. The lowest BCUT2D eigenvalue weighted by atomic mass is 9.92. The van der Waals surface area contributed by atoms with Gasteiger partial charge in [0.15, 0.2) is 0 Å². The van der Waals surface area contributed by atoms with Crippen LogP contribution in [0.4, 0.5) is 0 Å². The van der Waals surface area contributed by atoms with Crippen LogP contribution in [0.3, 0.4) is 0 Å². The first kappa shape index (κ1) is 13.6. The van der Waals surface area contributed by atoms with Crippen LogP contribution in [0.25, 0.3) is 0 Å². The first-order valence-electron chi connectivity index (χ1n) is 4.59. The summed E-state index contributed by atoms with van der Waals surface area (Å²) in [7, 11) is 1.29. The Labute approximate surface area is 113 Å². The highest BCUT2D eigenvalue weighted by Gasteiger charge is 2.24. The fourth-order valence-electron chi connectivity index (χ4n) is 1.10. The van der Waals surface area contributed by atoms with E-state index in [0.717, 1.165) is 9.26 Å². The highest BCUT2D eigenvalue weighted by molar-refractivity contribution is 14.1. The third kappa shape index (κ3) is 2.82. The van der Waals surface area contributed by atoms with Crippen LogP contribution in [-0.4, -0.2) is 23.0 Å². The van der Waals surface area contributed by atoms with E-state index in [1.165, 1.54) is 7.11 Å². The van der Waals surface area contributed by atoms with E-state index >= 15 is 0 Å². The number of methoxy groups -OCH3 is 1. The number of aromatic nitrogens is 2. The van der Waals surface area contributed by atoms with Gasteiger partial charge in [-0.25, -0.2) is 14.8 Å². The van der Waals surface area contributed by atoms with Crippen molar-refractivity contribution in [2.24, 2.45) is 0 Å². The van der Waals surface area contributed by atoms with E-state index in [9.17, 15) is 4.79 Å². The number of nitrogens with zero attached hydrogens (tertiary/aromatic N) is 2. The molecule has 0 fully saturated rings. The predicted molar refractivity (Wildman–Crippen MR) is 69.8 cm³/mol. The van der Waals surface area contributed by atoms with Crippen molar-refractivity contribution in [2.45, 2.75) is 26.2 Å². The standard InChI is InChI=1S/C10H12ClIN2O2/c1-10(2,3)6-5(12)7(11)14-8(13-6)9(15)16-4/h1-4H3. The molecule has 0 radical (unpaired) electrons. The van der Waals surface area contributed by atoms with Crippen LogP contribution in [0.5, 0.6) is 0 Å². The number of hydrogen-bond donors (Lipinski definition) is 0. The largest absolute Gasteiger partial charge is 0.463 e. The van der Waals surface area contributed by atoms with Crippen LogP contribution >= 0.6 is 34.2 Å². The van der Waals surface area contributed by atoms with Gasteiger partial charge in [-0.15, -0.1) is 0 Å². The van der Waals surface area contributed by atoms with Crippen molar-refractivity contribution >= 4 is 40.2 Å². The Kier molecular flexibility index (Phi) is 4.12. The van der Waals surface area contributed by atoms with Crippen molar-refractivity contribution in [1.82, 2.24) is 9.97 Å². The zero-order chi connectivity index (χ0) is 12.5. The molecule has 16 heavy (non-hydrogen) atoms. The molecule has 0 aliphatic carbocycles. The molecule has 88 valence electrons. The molecule has 0 aliphatic rings. The normalized spacial score (nSPS) is 11.4. The van der Waals surface area contributed by atoms with E-state index in [2.05, 4.69) is 37.3 Å². The molecular weight excluding hydrogens is 342 g/mol.